The molecule has 3 rings (SSSR count). The van der Waals surface area contributed by atoms with Gasteiger partial charge in [0.2, 0.25) is 0 Å². The molecule has 1 saturated carbocycles. The third-order valence-corrected chi connectivity index (χ3v) is 5.51. The molecule has 0 amide bonds. The van der Waals surface area contributed by atoms with Crippen LogP contribution in [0.2, 0.25) is 0 Å². The van der Waals surface area contributed by atoms with Crippen molar-refractivity contribution in [1.82, 2.24) is 4.90 Å². The number of hydrogen-bond acceptors (Lipinski definition) is 3. The molecule has 0 radical (unpaired) electrons. The van der Waals surface area contributed by atoms with Crippen LogP contribution in [0.4, 0.5) is 0 Å². The topological polar surface area (TPSA) is 29.5 Å². The molecule has 1 heterocycles. The van der Waals surface area contributed by atoms with Gasteiger partial charge in [0.25, 0.3) is 0 Å². The average molecular weight is 339 g/mol. The molecule has 1 unspecified atom stereocenters. The van der Waals surface area contributed by atoms with Crippen LogP contribution < -0.4 is 0 Å². The molecule has 0 bridgehead atoms. The van der Waals surface area contributed by atoms with Crippen molar-refractivity contribution in [3.05, 3.63) is 35.9 Å². The zero-order chi connectivity index (χ0) is 17.5. The maximum absolute atomic E-state index is 13.0. The van der Waals surface area contributed by atoms with Gasteiger partial charge in [-0.3, -0.25) is 9.69 Å². The lowest BCUT2D eigenvalue weighted by molar-refractivity contribution is -0.154. The second-order valence-electron chi connectivity index (χ2n) is 7.36. The summed E-state index contributed by atoms with van der Waals surface area (Å²) >= 11 is 0. The number of rotatable bonds is 4. The Morgan fingerprint density at radius 3 is 2.48 bits per heavy atom. The van der Waals surface area contributed by atoms with Crippen LogP contribution in [0, 0.1) is 11.8 Å². The van der Waals surface area contributed by atoms with Crippen molar-refractivity contribution < 1.29 is 9.53 Å². The van der Waals surface area contributed by atoms with E-state index in [0.29, 0.717) is 0 Å². The quantitative estimate of drug-likeness (QED) is 0.615. The minimum atomic E-state index is -0.482. The van der Waals surface area contributed by atoms with Gasteiger partial charge in [0, 0.05) is 0 Å². The van der Waals surface area contributed by atoms with E-state index in [1.165, 1.54) is 19.3 Å². The molecule has 1 aromatic rings. The Balaban J connectivity index is 1.65. The Hall–Kier alpha value is -1.79. The largest absolute Gasteiger partial charge is 0.449 e. The highest BCUT2D eigenvalue weighted by atomic mass is 16.5. The van der Waals surface area contributed by atoms with Crippen LogP contribution in [-0.4, -0.2) is 36.6 Å². The van der Waals surface area contributed by atoms with Gasteiger partial charge >= 0.3 is 5.97 Å². The highest BCUT2D eigenvalue weighted by molar-refractivity contribution is 5.83. The van der Waals surface area contributed by atoms with Crippen LogP contribution in [0.15, 0.2) is 30.3 Å². The zero-order valence-electron chi connectivity index (χ0n) is 15.3. The van der Waals surface area contributed by atoms with Gasteiger partial charge in [-0.2, -0.15) is 0 Å². The number of esters is 1. The third-order valence-electron chi connectivity index (χ3n) is 5.51. The number of carbonyl (C=O) groups is 1. The lowest BCUT2D eigenvalue weighted by Crippen LogP contribution is -2.40. The van der Waals surface area contributed by atoms with Crippen molar-refractivity contribution in [2.24, 2.45) is 0 Å². The highest BCUT2D eigenvalue weighted by Gasteiger charge is 2.42. The van der Waals surface area contributed by atoms with E-state index in [4.69, 9.17) is 4.74 Å². The van der Waals surface area contributed by atoms with E-state index >= 15 is 0 Å². The number of ether oxygens (including phenoxy) is 1. The first-order chi connectivity index (χ1) is 12.2. The Morgan fingerprint density at radius 1 is 1.12 bits per heavy atom. The Labute approximate surface area is 151 Å². The lowest BCUT2D eigenvalue weighted by Gasteiger charge is -2.35. The second-order valence-corrected chi connectivity index (χ2v) is 7.36. The summed E-state index contributed by atoms with van der Waals surface area (Å²) < 4.78 is 5.78. The monoisotopic (exact) mass is 339 g/mol. The molecule has 1 saturated heterocycles. The molecule has 1 aliphatic carbocycles. The van der Waals surface area contributed by atoms with E-state index in [1.54, 1.807) is 0 Å². The van der Waals surface area contributed by atoms with Gasteiger partial charge in [-0.25, -0.2) is 0 Å². The standard InChI is InChI=1S/C22H29NO2/c1-19(11-10-18-23-16-8-9-17-23)25-21(24)22(14-6-3-7-15-22)20-12-4-2-5-13-20/h2,4-5,12-13,19H,3,6-9,14-18H2,1H3. The number of likely N-dealkylation sites (tertiary alicyclic amines) is 1. The van der Waals surface area contributed by atoms with Crippen molar-refractivity contribution >= 4 is 5.97 Å². The van der Waals surface area contributed by atoms with Gasteiger partial charge in [-0.1, -0.05) is 61.4 Å². The van der Waals surface area contributed by atoms with E-state index in [2.05, 4.69) is 28.9 Å². The van der Waals surface area contributed by atoms with Gasteiger partial charge < -0.3 is 4.74 Å². The molecule has 2 fully saturated rings. The van der Waals surface area contributed by atoms with Gasteiger partial charge in [0.05, 0.1) is 12.0 Å². The van der Waals surface area contributed by atoms with Crippen molar-refractivity contribution in [1.29, 1.82) is 0 Å². The van der Waals surface area contributed by atoms with Crippen molar-refractivity contribution in [3.63, 3.8) is 0 Å². The fourth-order valence-corrected chi connectivity index (χ4v) is 4.07. The number of carbonyl (C=O) groups excluding carboxylic acids is 1. The maximum atomic E-state index is 13.0. The molecular weight excluding hydrogens is 310 g/mol. The van der Waals surface area contributed by atoms with Crippen LogP contribution >= 0.6 is 0 Å². The summed E-state index contributed by atoms with van der Waals surface area (Å²) in [4.78, 5) is 15.4. The Morgan fingerprint density at radius 2 is 1.80 bits per heavy atom. The molecule has 0 aromatic heterocycles. The lowest BCUT2D eigenvalue weighted by atomic mass is 9.69. The predicted molar refractivity (Wildman–Crippen MR) is 100 cm³/mol. The zero-order valence-corrected chi connectivity index (χ0v) is 15.3. The van der Waals surface area contributed by atoms with Crippen LogP contribution in [0.1, 0.15) is 57.4 Å². The maximum Gasteiger partial charge on any atom is 0.317 e. The first-order valence-electron chi connectivity index (χ1n) is 9.68. The average Bonchev–Trinajstić information content (AvgIpc) is 3.16. The summed E-state index contributed by atoms with van der Waals surface area (Å²) in [6.07, 6.45) is 7.31. The normalized spacial score (nSPS) is 21.2. The van der Waals surface area contributed by atoms with E-state index in [1.807, 2.05) is 25.1 Å². The van der Waals surface area contributed by atoms with Crippen LogP contribution in [0.5, 0.6) is 0 Å². The number of hydrogen-bond donors (Lipinski definition) is 0. The molecule has 134 valence electrons. The van der Waals surface area contributed by atoms with Gasteiger partial charge in [-0.05, 0) is 51.3 Å². The summed E-state index contributed by atoms with van der Waals surface area (Å²) in [5.41, 5.74) is 0.613. The summed E-state index contributed by atoms with van der Waals surface area (Å²) in [6, 6.07) is 10.2. The molecule has 1 atom stereocenters. The Bertz CT molecular complexity index is 616. The molecule has 1 aliphatic heterocycles. The first kappa shape index (κ1) is 18.0. The van der Waals surface area contributed by atoms with Crippen LogP contribution in [0.3, 0.4) is 0 Å². The first-order valence-corrected chi connectivity index (χ1v) is 9.68. The van der Waals surface area contributed by atoms with Gasteiger partial charge in [0.1, 0.15) is 0 Å². The summed E-state index contributed by atoms with van der Waals surface area (Å²) in [5, 5.41) is 0. The molecule has 0 spiro atoms. The van der Waals surface area contributed by atoms with Gasteiger partial charge in [0.15, 0.2) is 6.10 Å². The summed E-state index contributed by atoms with van der Waals surface area (Å²) in [7, 11) is 0. The minimum Gasteiger partial charge on any atom is -0.449 e. The fraction of sp³-hybridized carbons (Fsp3) is 0.591. The van der Waals surface area contributed by atoms with E-state index in [9.17, 15) is 4.79 Å². The second kappa shape index (κ2) is 8.54. The van der Waals surface area contributed by atoms with Crippen molar-refractivity contribution in [2.45, 2.75) is 63.4 Å². The van der Waals surface area contributed by atoms with Gasteiger partial charge in [-0.15, -0.1) is 0 Å². The van der Waals surface area contributed by atoms with E-state index in [-0.39, 0.29) is 12.1 Å². The fourth-order valence-electron chi connectivity index (χ4n) is 4.07. The SMILES string of the molecule is CC(C#CCN1CCCC1)OC(=O)C1(c2ccccc2)CCCCC1. The highest BCUT2D eigenvalue weighted by Crippen LogP contribution is 2.40. The molecule has 2 aliphatic rings. The number of benzene rings is 1. The minimum absolute atomic E-state index is 0.0960. The molecule has 3 heteroatoms. The van der Waals surface area contributed by atoms with Crippen LogP contribution in [0.25, 0.3) is 0 Å². The Kier molecular flexibility index (Phi) is 6.15. The molecule has 25 heavy (non-hydrogen) atoms. The molecule has 1 aromatic carbocycles. The van der Waals surface area contributed by atoms with Crippen molar-refractivity contribution in [2.75, 3.05) is 19.6 Å². The molecule has 3 nitrogen and oxygen atoms in total. The smallest absolute Gasteiger partial charge is 0.317 e. The molecule has 0 N–H and O–H groups in total. The third kappa shape index (κ3) is 4.44. The van der Waals surface area contributed by atoms with Crippen molar-refractivity contribution in [3.8, 4) is 11.8 Å². The van der Waals surface area contributed by atoms with E-state index < -0.39 is 5.41 Å². The predicted octanol–water partition coefficient (Wildman–Crippen LogP) is 3.92. The van der Waals surface area contributed by atoms with E-state index in [0.717, 1.165) is 50.9 Å². The molecular formula is C22H29NO2. The summed E-state index contributed by atoms with van der Waals surface area (Å²) in [6.45, 7) is 4.95. The summed E-state index contributed by atoms with van der Waals surface area (Å²) in [5.74, 6) is 6.20. The van der Waals surface area contributed by atoms with Crippen LogP contribution in [-0.2, 0) is 14.9 Å². The number of nitrogens with zero attached hydrogens (tertiary/aromatic N) is 1.